The molecule has 0 aliphatic carbocycles. The number of nitrogens with zero attached hydrogens (tertiary/aromatic N) is 4. The number of fused-ring (bicyclic) bond motifs is 1. The highest BCUT2D eigenvalue weighted by molar-refractivity contribution is 5.94. The van der Waals surface area contributed by atoms with Crippen molar-refractivity contribution in [2.45, 2.75) is 58.7 Å². The minimum Gasteiger partial charge on any atom is -0.447 e. The molecule has 3 rings (SSSR count). The van der Waals surface area contributed by atoms with E-state index in [4.69, 9.17) is 9.26 Å². The number of hydrogen-bond donors (Lipinski definition) is 1. The van der Waals surface area contributed by atoms with Crippen molar-refractivity contribution in [2.24, 2.45) is 0 Å². The lowest BCUT2D eigenvalue weighted by molar-refractivity contribution is -0.117. The monoisotopic (exact) mass is 429 g/mol. The fourth-order valence-electron chi connectivity index (χ4n) is 3.80. The first-order valence-electron chi connectivity index (χ1n) is 10.5. The zero-order valence-corrected chi connectivity index (χ0v) is 19.0. The Bertz CT molecular complexity index is 940. The van der Waals surface area contributed by atoms with Crippen molar-refractivity contribution < 1.29 is 18.8 Å². The predicted octanol–water partition coefficient (Wildman–Crippen LogP) is 3.16. The van der Waals surface area contributed by atoms with E-state index >= 15 is 0 Å². The summed E-state index contributed by atoms with van der Waals surface area (Å²) >= 11 is 0. The van der Waals surface area contributed by atoms with Crippen LogP contribution in [-0.4, -0.2) is 59.8 Å². The van der Waals surface area contributed by atoms with Crippen molar-refractivity contribution in [2.75, 3.05) is 25.5 Å². The van der Waals surface area contributed by atoms with Crippen molar-refractivity contribution in [3.05, 3.63) is 29.7 Å². The summed E-state index contributed by atoms with van der Waals surface area (Å²) in [6, 6.07) is 5.30. The molecule has 168 valence electrons. The van der Waals surface area contributed by atoms with Gasteiger partial charge in [0.1, 0.15) is 0 Å². The summed E-state index contributed by atoms with van der Waals surface area (Å²) in [6.07, 6.45) is 0.529. The topological polar surface area (TPSA) is 101 Å². The van der Waals surface area contributed by atoms with Crippen LogP contribution in [0.1, 0.15) is 51.6 Å². The molecule has 9 heteroatoms. The second kappa shape index (κ2) is 9.47. The van der Waals surface area contributed by atoms with Crippen molar-refractivity contribution in [3.63, 3.8) is 0 Å². The molecule has 2 aromatic rings. The van der Waals surface area contributed by atoms with E-state index in [2.05, 4.69) is 15.5 Å². The van der Waals surface area contributed by atoms with Crippen LogP contribution in [0.5, 0.6) is 0 Å². The van der Waals surface area contributed by atoms with Gasteiger partial charge in [-0.3, -0.25) is 4.79 Å². The number of alkyl carbamates (subject to hydrolysis) is 1. The molecule has 1 aliphatic rings. The van der Waals surface area contributed by atoms with Gasteiger partial charge in [0.05, 0.1) is 12.1 Å². The Labute approximate surface area is 182 Å². The number of nitrogens with one attached hydrogen (secondary N) is 1. The number of rotatable bonds is 6. The molecule has 0 fully saturated rings. The first-order chi connectivity index (χ1) is 14.7. The highest BCUT2D eigenvalue weighted by atomic mass is 16.6. The van der Waals surface area contributed by atoms with Crippen LogP contribution in [0.3, 0.4) is 0 Å². The first kappa shape index (κ1) is 22.7. The maximum absolute atomic E-state index is 12.3. The minimum atomic E-state index is -0.481. The standard InChI is InChI=1S/C22H31N5O4/c1-13(2)30-22(29)23-18-11-14(3)27(15(4)28)19-8-7-16(12-17(18)19)21-24-20(31-25-21)9-10-26(5)6/h7-8,12-14,18H,9-11H2,1-6H3,(H,23,29). The van der Waals surface area contributed by atoms with E-state index in [1.807, 2.05) is 44.1 Å². The molecule has 0 saturated carbocycles. The zero-order chi connectivity index (χ0) is 22.7. The molecule has 2 amide bonds. The van der Waals surface area contributed by atoms with Crippen LogP contribution < -0.4 is 10.2 Å². The van der Waals surface area contributed by atoms with Crippen LogP contribution in [0.25, 0.3) is 11.4 Å². The molecule has 1 aliphatic heterocycles. The summed E-state index contributed by atoms with van der Waals surface area (Å²) in [5.74, 6) is 0.999. The third-order valence-electron chi connectivity index (χ3n) is 5.15. The number of anilines is 1. The summed E-state index contributed by atoms with van der Waals surface area (Å²) in [5, 5.41) is 7.05. The number of amides is 2. The Hall–Kier alpha value is -2.94. The van der Waals surface area contributed by atoms with Gasteiger partial charge in [0.2, 0.25) is 17.6 Å². The fourth-order valence-corrected chi connectivity index (χ4v) is 3.80. The Kier molecular flexibility index (Phi) is 6.94. The van der Waals surface area contributed by atoms with Crippen LogP contribution in [-0.2, 0) is 16.0 Å². The number of aromatic nitrogens is 2. The van der Waals surface area contributed by atoms with Gasteiger partial charge in [-0.1, -0.05) is 5.16 Å². The highest BCUT2D eigenvalue weighted by Crippen LogP contribution is 2.39. The van der Waals surface area contributed by atoms with Crippen molar-refractivity contribution in [3.8, 4) is 11.4 Å². The molecule has 1 N–H and O–H groups in total. The number of ether oxygens (including phenoxy) is 1. The number of carbonyl (C=O) groups is 2. The SMILES string of the molecule is CC(=O)N1c2ccc(-c3noc(CCN(C)C)n3)cc2C(NC(=O)OC(C)C)CC1C. The third-order valence-corrected chi connectivity index (χ3v) is 5.15. The van der Waals surface area contributed by atoms with E-state index in [0.717, 1.165) is 23.4 Å². The van der Waals surface area contributed by atoms with Gasteiger partial charge in [0.25, 0.3) is 0 Å². The van der Waals surface area contributed by atoms with Crippen LogP contribution >= 0.6 is 0 Å². The minimum absolute atomic E-state index is 0.0461. The van der Waals surface area contributed by atoms with Gasteiger partial charge in [-0.05, 0) is 65.0 Å². The molecule has 1 aromatic heterocycles. The Morgan fingerprint density at radius 2 is 2.10 bits per heavy atom. The third kappa shape index (κ3) is 5.41. The van der Waals surface area contributed by atoms with Gasteiger partial charge in [-0.15, -0.1) is 0 Å². The van der Waals surface area contributed by atoms with Gasteiger partial charge in [0, 0.05) is 37.2 Å². The second-order valence-corrected chi connectivity index (χ2v) is 8.46. The Balaban J connectivity index is 1.93. The molecule has 9 nitrogen and oxygen atoms in total. The second-order valence-electron chi connectivity index (χ2n) is 8.46. The summed E-state index contributed by atoms with van der Waals surface area (Å²) in [7, 11) is 3.97. The Morgan fingerprint density at radius 3 is 2.74 bits per heavy atom. The average Bonchev–Trinajstić information content (AvgIpc) is 3.14. The maximum atomic E-state index is 12.3. The molecular weight excluding hydrogens is 398 g/mol. The summed E-state index contributed by atoms with van der Waals surface area (Å²) in [6.45, 7) is 7.93. The highest BCUT2D eigenvalue weighted by Gasteiger charge is 2.34. The number of carbonyl (C=O) groups excluding carboxylic acids is 2. The molecule has 31 heavy (non-hydrogen) atoms. The first-order valence-corrected chi connectivity index (χ1v) is 10.5. The predicted molar refractivity (Wildman–Crippen MR) is 117 cm³/mol. The van der Waals surface area contributed by atoms with E-state index < -0.39 is 6.09 Å². The summed E-state index contributed by atoms with van der Waals surface area (Å²) in [4.78, 5) is 32.9. The normalized spacial score (nSPS) is 18.3. The van der Waals surface area contributed by atoms with Crippen LogP contribution in [0.2, 0.25) is 0 Å². The van der Waals surface area contributed by atoms with Crippen molar-refractivity contribution >= 4 is 17.7 Å². The molecule has 1 aromatic carbocycles. The molecule has 0 bridgehead atoms. The van der Waals surface area contributed by atoms with E-state index in [1.165, 1.54) is 0 Å². The van der Waals surface area contributed by atoms with Crippen LogP contribution in [0.4, 0.5) is 10.5 Å². The zero-order valence-electron chi connectivity index (χ0n) is 19.0. The van der Waals surface area contributed by atoms with Gasteiger partial charge < -0.3 is 24.4 Å². The lowest BCUT2D eigenvalue weighted by Gasteiger charge is -2.39. The van der Waals surface area contributed by atoms with Gasteiger partial charge >= 0.3 is 6.09 Å². The summed E-state index contributed by atoms with van der Waals surface area (Å²) < 4.78 is 10.7. The number of likely N-dealkylation sites (N-methyl/N-ethyl adjacent to an activating group) is 1. The van der Waals surface area contributed by atoms with Crippen molar-refractivity contribution in [1.29, 1.82) is 0 Å². The van der Waals surface area contributed by atoms with Crippen molar-refractivity contribution in [1.82, 2.24) is 20.4 Å². The van der Waals surface area contributed by atoms with Gasteiger partial charge in [-0.2, -0.15) is 4.98 Å². The molecule has 0 spiro atoms. The van der Waals surface area contributed by atoms with Gasteiger partial charge in [0.15, 0.2) is 0 Å². The van der Waals surface area contributed by atoms with E-state index in [1.54, 1.807) is 25.7 Å². The molecule has 2 unspecified atom stereocenters. The molecule has 2 heterocycles. The average molecular weight is 430 g/mol. The van der Waals surface area contributed by atoms with Crippen LogP contribution in [0, 0.1) is 0 Å². The lowest BCUT2D eigenvalue weighted by atomic mass is 9.90. The van der Waals surface area contributed by atoms with E-state index in [9.17, 15) is 9.59 Å². The molecule has 0 saturated heterocycles. The maximum Gasteiger partial charge on any atom is 0.407 e. The molecular formula is C22H31N5O4. The van der Waals surface area contributed by atoms with Gasteiger partial charge in [-0.25, -0.2) is 4.79 Å². The Morgan fingerprint density at radius 1 is 1.35 bits per heavy atom. The smallest absolute Gasteiger partial charge is 0.407 e. The quantitative estimate of drug-likeness (QED) is 0.753. The van der Waals surface area contributed by atoms with Crippen LogP contribution in [0.15, 0.2) is 22.7 Å². The molecule has 0 radical (unpaired) electrons. The summed E-state index contributed by atoms with van der Waals surface area (Å²) in [5.41, 5.74) is 2.35. The molecule has 2 atom stereocenters. The van der Waals surface area contributed by atoms with E-state index in [0.29, 0.717) is 24.6 Å². The van der Waals surface area contributed by atoms with E-state index in [-0.39, 0.29) is 24.1 Å². The largest absolute Gasteiger partial charge is 0.447 e. The fraction of sp³-hybridized carbons (Fsp3) is 0.545. The number of hydrogen-bond acceptors (Lipinski definition) is 7. The lowest BCUT2D eigenvalue weighted by Crippen LogP contribution is -2.45. The number of benzene rings is 1.